The average molecular weight is 225 g/mol. The van der Waals surface area contributed by atoms with Gasteiger partial charge in [-0.3, -0.25) is 4.68 Å². The smallest absolute Gasteiger partial charge is 0.0762 e. The Kier molecular flexibility index (Phi) is 4.50. The molecule has 0 bridgehead atoms. The Balaban J connectivity index is 2.33. The summed E-state index contributed by atoms with van der Waals surface area (Å²) in [6, 6.07) is 2.44. The van der Waals surface area contributed by atoms with Crippen LogP contribution in [0.2, 0.25) is 0 Å². The van der Waals surface area contributed by atoms with Crippen molar-refractivity contribution in [3.8, 4) is 0 Å². The molecular weight excluding hydrogens is 202 g/mol. The summed E-state index contributed by atoms with van der Waals surface area (Å²) in [7, 11) is 3.69. The zero-order chi connectivity index (χ0) is 12.2. The summed E-state index contributed by atoms with van der Waals surface area (Å²) in [4.78, 5) is 0. The molecule has 1 N–H and O–H groups in total. The molecule has 0 spiro atoms. The summed E-state index contributed by atoms with van der Waals surface area (Å²) in [5.74, 6) is 0. The van der Waals surface area contributed by atoms with E-state index < -0.39 is 0 Å². The van der Waals surface area contributed by atoms with Gasteiger partial charge in [0.2, 0.25) is 0 Å². The number of rotatable bonds is 6. The van der Waals surface area contributed by atoms with Crippen molar-refractivity contribution in [2.45, 2.75) is 45.4 Å². The molecule has 0 aliphatic heterocycles. The van der Waals surface area contributed by atoms with Gasteiger partial charge in [-0.25, -0.2) is 0 Å². The number of hydrogen-bond acceptors (Lipinski definition) is 3. The summed E-state index contributed by atoms with van der Waals surface area (Å²) in [5.41, 5.74) is 1.00. The van der Waals surface area contributed by atoms with E-state index >= 15 is 0 Å². The SMILES string of the molecule is COC(C)(C)CC(C)NCc1ccn(C)n1. The van der Waals surface area contributed by atoms with E-state index in [1.54, 1.807) is 7.11 Å². The maximum Gasteiger partial charge on any atom is 0.0762 e. The topological polar surface area (TPSA) is 39.1 Å². The fourth-order valence-corrected chi connectivity index (χ4v) is 1.73. The molecule has 16 heavy (non-hydrogen) atoms. The third-order valence-corrected chi connectivity index (χ3v) is 2.75. The summed E-state index contributed by atoms with van der Waals surface area (Å²) < 4.78 is 7.22. The Bertz CT molecular complexity index is 320. The molecule has 1 rings (SSSR count). The highest BCUT2D eigenvalue weighted by Gasteiger charge is 2.19. The van der Waals surface area contributed by atoms with Crippen molar-refractivity contribution in [3.05, 3.63) is 18.0 Å². The third kappa shape index (κ3) is 4.33. The van der Waals surface area contributed by atoms with Crippen LogP contribution < -0.4 is 5.32 Å². The molecule has 0 aliphatic rings. The number of ether oxygens (including phenoxy) is 1. The van der Waals surface area contributed by atoms with Crippen LogP contribution in [-0.2, 0) is 18.3 Å². The van der Waals surface area contributed by atoms with E-state index in [-0.39, 0.29) is 5.60 Å². The molecule has 92 valence electrons. The molecule has 0 amide bonds. The Labute approximate surface area is 98.0 Å². The Morgan fingerprint density at radius 1 is 1.56 bits per heavy atom. The normalized spacial score (nSPS) is 14.1. The van der Waals surface area contributed by atoms with Gasteiger partial charge in [0.05, 0.1) is 11.3 Å². The molecule has 0 aromatic carbocycles. The van der Waals surface area contributed by atoms with E-state index in [4.69, 9.17) is 4.74 Å². The molecule has 0 saturated heterocycles. The molecular formula is C12H23N3O. The number of methoxy groups -OCH3 is 1. The first-order valence-corrected chi connectivity index (χ1v) is 5.70. The highest BCUT2D eigenvalue weighted by Crippen LogP contribution is 2.15. The van der Waals surface area contributed by atoms with Crippen LogP contribution in [0.25, 0.3) is 0 Å². The van der Waals surface area contributed by atoms with Crippen LogP contribution in [0.4, 0.5) is 0 Å². The van der Waals surface area contributed by atoms with E-state index in [0.717, 1.165) is 18.7 Å². The Morgan fingerprint density at radius 2 is 2.25 bits per heavy atom. The number of nitrogens with one attached hydrogen (secondary N) is 1. The van der Waals surface area contributed by atoms with Crippen LogP contribution in [0.1, 0.15) is 32.9 Å². The minimum Gasteiger partial charge on any atom is -0.379 e. The predicted octanol–water partition coefficient (Wildman–Crippen LogP) is 1.71. The summed E-state index contributed by atoms with van der Waals surface area (Å²) in [5, 5.41) is 7.77. The largest absolute Gasteiger partial charge is 0.379 e. The standard InChI is InChI=1S/C12H23N3O/c1-10(8-12(2,3)16-5)13-9-11-6-7-15(4)14-11/h6-7,10,13H,8-9H2,1-5H3. The lowest BCUT2D eigenvalue weighted by atomic mass is 10.00. The molecule has 0 saturated carbocycles. The van der Waals surface area contributed by atoms with Gasteiger partial charge < -0.3 is 10.1 Å². The molecule has 1 heterocycles. The van der Waals surface area contributed by atoms with Gasteiger partial charge in [-0.05, 0) is 33.3 Å². The molecule has 1 aromatic heterocycles. The molecule has 0 fully saturated rings. The molecule has 1 atom stereocenters. The maximum absolute atomic E-state index is 5.40. The Hall–Kier alpha value is -0.870. The minimum absolute atomic E-state index is 0.0729. The summed E-state index contributed by atoms with van der Waals surface area (Å²) in [6.07, 6.45) is 2.94. The van der Waals surface area contributed by atoms with E-state index in [0.29, 0.717) is 6.04 Å². The van der Waals surface area contributed by atoms with Gasteiger partial charge in [0.1, 0.15) is 0 Å². The predicted molar refractivity (Wildman–Crippen MR) is 65.2 cm³/mol. The molecule has 4 heteroatoms. The van der Waals surface area contributed by atoms with E-state index in [9.17, 15) is 0 Å². The molecule has 1 aromatic rings. The first-order valence-electron chi connectivity index (χ1n) is 5.70. The molecule has 4 nitrogen and oxygen atoms in total. The Morgan fingerprint density at radius 3 is 2.75 bits per heavy atom. The van der Waals surface area contributed by atoms with Crippen molar-refractivity contribution in [2.75, 3.05) is 7.11 Å². The average Bonchev–Trinajstić information content (AvgIpc) is 2.61. The summed E-state index contributed by atoms with van der Waals surface area (Å²) >= 11 is 0. The van der Waals surface area contributed by atoms with Crippen LogP contribution >= 0.6 is 0 Å². The second kappa shape index (κ2) is 5.46. The lowest BCUT2D eigenvalue weighted by Gasteiger charge is -2.27. The number of aryl methyl sites for hydroxylation is 1. The van der Waals surface area contributed by atoms with Crippen molar-refractivity contribution in [2.24, 2.45) is 7.05 Å². The number of hydrogen-bond donors (Lipinski definition) is 1. The minimum atomic E-state index is -0.0729. The summed E-state index contributed by atoms with van der Waals surface area (Å²) in [6.45, 7) is 7.18. The fraction of sp³-hybridized carbons (Fsp3) is 0.750. The second-order valence-corrected chi connectivity index (χ2v) is 4.93. The van der Waals surface area contributed by atoms with Gasteiger partial charge in [0.25, 0.3) is 0 Å². The number of nitrogens with zero attached hydrogens (tertiary/aromatic N) is 2. The molecule has 0 radical (unpaired) electrons. The van der Waals surface area contributed by atoms with E-state index in [1.807, 2.05) is 24.0 Å². The van der Waals surface area contributed by atoms with Crippen LogP contribution in [0.15, 0.2) is 12.3 Å². The van der Waals surface area contributed by atoms with Gasteiger partial charge >= 0.3 is 0 Å². The van der Waals surface area contributed by atoms with Crippen molar-refractivity contribution in [1.82, 2.24) is 15.1 Å². The van der Waals surface area contributed by atoms with Crippen LogP contribution in [0.5, 0.6) is 0 Å². The highest BCUT2D eigenvalue weighted by atomic mass is 16.5. The van der Waals surface area contributed by atoms with Gasteiger partial charge in [0, 0.05) is 32.9 Å². The van der Waals surface area contributed by atoms with E-state index in [1.165, 1.54) is 0 Å². The first-order chi connectivity index (χ1) is 7.43. The van der Waals surface area contributed by atoms with E-state index in [2.05, 4.69) is 31.2 Å². The van der Waals surface area contributed by atoms with Crippen molar-refractivity contribution in [3.63, 3.8) is 0 Å². The van der Waals surface area contributed by atoms with Crippen LogP contribution in [0.3, 0.4) is 0 Å². The maximum atomic E-state index is 5.40. The van der Waals surface area contributed by atoms with Gasteiger partial charge in [-0.1, -0.05) is 0 Å². The van der Waals surface area contributed by atoms with Gasteiger partial charge in [0.15, 0.2) is 0 Å². The third-order valence-electron chi connectivity index (χ3n) is 2.75. The second-order valence-electron chi connectivity index (χ2n) is 4.93. The van der Waals surface area contributed by atoms with Gasteiger partial charge in [-0.15, -0.1) is 0 Å². The van der Waals surface area contributed by atoms with Gasteiger partial charge in [-0.2, -0.15) is 5.10 Å². The number of aromatic nitrogens is 2. The quantitative estimate of drug-likeness (QED) is 0.801. The molecule has 0 aliphatic carbocycles. The lowest BCUT2D eigenvalue weighted by Crippen LogP contribution is -2.35. The first kappa shape index (κ1) is 13.2. The lowest BCUT2D eigenvalue weighted by molar-refractivity contribution is 0.00842. The highest BCUT2D eigenvalue weighted by molar-refractivity contribution is 4.98. The van der Waals surface area contributed by atoms with Crippen molar-refractivity contribution in [1.29, 1.82) is 0 Å². The van der Waals surface area contributed by atoms with Crippen LogP contribution in [0, 0.1) is 0 Å². The fourth-order valence-electron chi connectivity index (χ4n) is 1.73. The van der Waals surface area contributed by atoms with Crippen molar-refractivity contribution < 1.29 is 4.74 Å². The monoisotopic (exact) mass is 225 g/mol. The molecule has 1 unspecified atom stereocenters. The zero-order valence-electron chi connectivity index (χ0n) is 10.9. The van der Waals surface area contributed by atoms with Crippen LogP contribution in [-0.4, -0.2) is 28.5 Å². The van der Waals surface area contributed by atoms with Crippen molar-refractivity contribution >= 4 is 0 Å². The zero-order valence-corrected chi connectivity index (χ0v) is 10.9.